The second-order valence-corrected chi connectivity index (χ2v) is 9.03. The third-order valence-electron chi connectivity index (χ3n) is 7.58. The largest absolute Gasteiger partial charge is 0.508 e. The summed E-state index contributed by atoms with van der Waals surface area (Å²) >= 11 is 0. The van der Waals surface area contributed by atoms with Crippen molar-refractivity contribution in [1.82, 2.24) is 0 Å². The number of benzene rings is 5. The Balaban J connectivity index is 1.64. The summed E-state index contributed by atoms with van der Waals surface area (Å²) < 4.78 is 6.26. The first kappa shape index (κ1) is 17.3. The van der Waals surface area contributed by atoms with Crippen molar-refractivity contribution in [2.75, 3.05) is 0 Å². The fourth-order valence-corrected chi connectivity index (χ4v) is 6.43. The maximum Gasteiger partial charge on any atom is 0.136 e. The molecule has 0 radical (unpaired) electrons. The minimum atomic E-state index is -0.469. The number of para-hydroxylation sites is 1. The van der Waals surface area contributed by atoms with Crippen LogP contribution in [-0.2, 0) is 5.41 Å². The molecule has 1 heterocycles. The Hall–Kier alpha value is -4.30. The fourth-order valence-electron chi connectivity index (χ4n) is 6.43. The first-order valence-corrected chi connectivity index (χ1v) is 11.3. The van der Waals surface area contributed by atoms with Crippen molar-refractivity contribution in [2.45, 2.75) is 5.41 Å². The molecule has 1 unspecified atom stereocenters. The van der Waals surface area contributed by atoms with Crippen LogP contribution in [0.2, 0.25) is 0 Å². The molecule has 2 heteroatoms. The maximum atomic E-state index is 10.6. The Morgan fingerprint density at radius 1 is 0.545 bits per heavy atom. The Morgan fingerprint density at radius 2 is 1.24 bits per heavy atom. The first-order chi connectivity index (χ1) is 16.3. The van der Waals surface area contributed by atoms with Gasteiger partial charge >= 0.3 is 0 Å². The van der Waals surface area contributed by atoms with Crippen molar-refractivity contribution in [1.29, 1.82) is 0 Å². The van der Waals surface area contributed by atoms with Crippen LogP contribution in [0.1, 0.15) is 22.3 Å². The average molecular weight is 422 g/mol. The highest BCUT2D eigenvalue weighted by Gasteiger charge is 2.52. The number of hydrogen-bond donors (Lipinski definition) is 1. The zero-order chi connectivity index (χ0) is 21.7. The number of fused-ring (bicyclic) bond motifs is 14. The van der Waals surface area contributed by atoms with Crippen LogP contribution in [0.25, 0.3) is 44.2 Å². The van der Waals surface area contributed by atoms with Crippen molar-refractivity contribution in [2.24, 2.45) is 0 Å². The van der Waals surface area contributed by atoms with Gasteiger partial charge in [0.2, 0.25) is 0 Å². The molecule has 1 spiro atoms. The van der Waals surface area contributed by atoms with Gasteiger partial charge in [-0.3, -0.25) is 0 Å². The molecule has 1 aromatic heterocycles. The van der Waals surface area contributed by atoms with E-state index in [9.17, 15) is 5.11 Å². The van der Waals surface area contributed by atoms with E-state index in [2.05, 4.69) is 78.9 Å². The van der Waals surface area contributed by atoms with E-state index in [0.29, 0.717) is 5.75 Å². The third-order valence-corrected chi connectivity index (χ3v) is 7.58. The highest BCUT2D eigenvalue weighted by molar-refractivity contribution is 6.16. The van der Waals surface area contributed by atoms with Crippen LogP contribution in [0.3, 0.4) is 0 Å². The standard InChI is InChI=1S/C31H18O2/c32-18-13-14-20-19-7-1-4-10-23(19)31(26(20)17-18)24-11-5-2-8-21(24)29-25(31)15-16-28-30(29)22-9-3-6-12-27(22)33-28/h1-17,32H. The predicted molar refractivity (Wildman–Crippen MR) is 132 cm³/mol. The Bertz CT molecular complexity index is 1790. The SMILES string of the molecule is Oc1ccc2c(c1)C1(c3ccccc3-2)c2ccccc2-c2c1ccc1oc3ccccc3c21. The van der Waals surface area contributed by atoms with Crippen LogP contribution in [0, 0.1) is 0 Å². The number of aromatic hydroxyl groups is 1. The minimum Gasteiger partial charge on any atom is -0.508 e. The van der Waals surface area contributed by atoms with Crippen LogP contribution < -0.4 is 0 Å². The lowest BCUT2D eigenvalue weighted by atomic mass is 9.70. The molecule has 0 aliphatic heterocycles. The normalized spacial score (nSPS) is 17.3. The number of phenols is 1. The summed E-state index contributed by atoms with van der Waals surface area (Å²) in [5.74, 6) is 0.293. The van der Waals surface area contributed by atoms with E-state index < -0.39 is 5.41 Å². The van der Waals surface area contributed by atoms with Crippen LogP contribution in [0.5, 0.6) is 5.75 Å². The molecular formula is C31H18O2. The number of furan rings is 1. The van der Waals surface area contributed by atoms with Gasteiger partial charge in [0.05, 0.1) is 5.41 Å². The lowest BCUT2D eigenvalue weighted by Gasteiger charge is -2.30. The lowest BCUT2D eigenvalue weighted by Crippen LogP contribution is -2.25. The monoisotopic (exact) mass is 422 g/mol. The molecule has 0 saturated carbocycles. The van der Waals surface area contributed by atoms with Gasteiger partial charge in [-0.25, -0.2) is 0 Å². The first-order valence-electron chi connectivity index (χ1n) is 11.3. The molecule has 8 rings (SSSR count). The number of phenolic OH excluding ortho intramolecular Hbond substituents is 1. The van der Waals surface area contributed by atoms with Gasteiger partial charge in [-0.2, -0.15) is 0 Å². The number of hydrogen-bond acceptors (Lipinski definition) is 2. The maximum absolute atomic E-state index is 10.6. The zero-order valence-electron chi connectivity index (χ0n) is 17.7. The van der Waals surface area contributed by atoms with Crippen molar-refractivity contribution < 1.29 is 9.52 Å². The summed E-state index contributed by atoms with van der Waals surface area (Å²) in [6.07, 6.45) is 0. The van der Waals surface area contributed by atoms with Crippen molar-refractivity contribution in [3.63, 3.8) is 0 Å². The van der Waals surface area contributed by atoms with Crippen molar-refractivity contribution in [3.8, 4) is 28.0 Å². The van der Waals surface area contributed by atoms with E-state index in [1.165, 1.54) is 44.3 Å². The van der Waals surface area contributed by atoms with Gasteiger partial charge in [-0.05, 0) is 68.8 Å². The predicted octanol–water partition coefficient (Wildman–Crippen LogP) is 7.64. The fraction of sp³-hybridized carbons (Fsp3) is 0.0323. The second kappa shape index (κ2) is 5.73. The Morgan fingerprint density at radius 3 is 2.12 bits per heavy atom. The van der Waals surface area contributed by atoms with Gasteiger partial charge < -0.3 is 9.52 Å². The van der Waals surface area contributed by atoms with E-state index in [4.69, 9.17) is 4.42 Å². The molecule has 0 bridgehead atoms. The molecule has 6 aromatic rings. The molecule has 1 N–H and O–H groups in total. The summed E-state index contributed by atoms with van der Waals surface area (Å²) in [5.41, 5.74) is 11.1. The van der Waals surface area contributed by atoms with Crippen LogP contribution in [0.4, 0.5) is 0 Å². The average Bonchev–Trinajstić information content (AvgIpc) is 3.47. The molecule has 5 aromatic carbocycles. The molecule has 0 fully saturated rings. The van der Waals surface area contributed by atoms with Crippen molar-refractivity contribution >= 4 is 21.9 Å². The van der Waals surface area contributed by atoms with Gasteiger partial charge in [0, 0.05) is 10.8 Å². The topological polar surface area (TPSA) is 33.4 Å². The van der Waals surface area contributed by atoms with Gasteiger partial charge in [0.1, 0.15) is 16.9 Å². The second-order valence-electron chi connectivity index (χ2n) is 9.03. The molecule has 2 aliphatic rings. The summed E-state index contributed by atoms with van der Waals surface area (Å²) in [6.45, 7) is 0. The summed E-state index contributed by atoms with van der Waals surface area (Å²) in [6, 6.07) is 35.8. The molecule has 1 atom stereocenters. The molecule has 154 valence electrons. The molecular weight excluding hydrogens is 404 g/mol. The van der Waals surface area contributed by atoms with Crippen LogP contribution >= 0.6 is 0 Å². The quantitative estimate of drug-likeness (QED) is 0.272. The smallest absolute Gasteiger partial charge is 0.136 e. The van der Waals surface area contributed by atoms with Crippen LogP contribution in [0.15, 0.2) is 108 Å². The van der Waals surface area contributed by atoms with Gasteiger partial charge in [0.15, 0.2) is 0 Å². The summed E-state index contributed by atoms with van der Waals surface area (Å²) in [5, 5.41) is 12.9. The third kappa shape index (κ3) is 1.88. The highest BCUT2D eigenvalue weighted by atomic mass is 16.3. The molecule has 33 heavy (non-hydrogen) atoms. The Kier molecular flexibility index (Phi) is 3.00. The van der Waals surface area contributed by atoms with E-state index >= 15 is 0 Å². The molecule has 2 nitrogen and oxygen atoms in total. The molecule has 2 aliphatic carbocycles. The van der Waals surface area contributed by atoms with Gasteiger partial charge in [-0.15, -0.1) is 0 Å². The molecule has 0 saturated heterocycles. The van der Waals surface area contributed by atoms with Crippen molar-refractivity contribution in [3.05, 3.63) is 125 Å². The Labute approximate surface area is 190 Å². The van der Waals surface area contributed by atoms with E-state index in [0.717, 1.165) is 22.1 Å². The van der Waals surface area contributed by atoms with E-state index in [1.807, 2.05) is 18.2 Å². The van der Waals surface area contributed by atoms with Crippen LogP contribution in [-0.4, -0.2) is 5.11 Å². The molecule has 0 amide bonds. The summed E-state index contributed by atoms with van der Waals surface area (Å²) in [4.78, 5) is 0. The highest BCUT2D eigenvalue weighted by Crippen LogP contribution is 2.64. The number of rotatable bonds is 0. The van der Waals surface area contributed by atoms with E-state index in [1.54, 1.807) is 6.07 Å². The lowest BCUT2D eigenvalue weighted by molar-refractivity contribution is 0.474. The van der Waals surface area contributed by atoms with Gasteiger partial charge in [-0.1, -0.05) is 78.9 Å². The minimum absolute atomic E-state index is 0.293. The zero-order valence-corrected chi connectivity index (χ0v) is 17.7. The van der Waals surface area contributed by atoms with Gasteiger partial charge in [0.25, 0.3) is 0 Å². The summed E-state index contributed by atoms with van der Waals surface area (Å²) in [7, 11) is 0. The van der Waals surface area contributed by atoms with E-state index in [-0.39, 0.29) is 0 Å².